The summed E-state index contributed by atoms with van der Waals surface area (Å²) in [5.41, 5.74) is 9.71. The lowest BCUT2D eigenvalue weighted by Gasteiger charge is -2.10. The summed E-state index contributed by atoms with van der Waals surface area (Å²) in [5.74, 6) is 1.35. The van der Waals surface area contributed by atoms with Crippen LogP contribution in [0, 0.1) is 13.8 Å². The number of hydrogen-bond donors (Lipinski definition) is 1. The van der Waals surface area contributed by atoms with Crippen LogP contribution < -0.4 is 10.5 Å². The van der Waals surface area contributed by atoms with Crippen LogP contribution in [0.4, 0.5) is 5.69 Å². The van der Waals surface area contributed by atoms with Crippen LogP contribution in [0.2, 0.25) is 0 Å². The van der Waals surface area contributed by atoms with Gasteiger partial charge in [0.2, 0.25) is 5.88 Å². The van der Waals surface area contributed by atoms with E-state index >= 15 is 0 Å². The Kier molecular flexibility index (Phi) is 3.03. The van der Waals surface area contributed by atoms with E-state index in [0.29, 0.717) is 5.88 Å². The molecule has 0 fully saturated rings. The van der Waals surface area contributed by atoms with Crippen LogP contribution in [0.5, 0.6) is 11.6 Å². The molecule has 3 aromatic rings. The third-order valence-corrected chi connectivity index (χ3v) is 3.36. The highest BCUT2D eigenvalue weighted by molar-refractivity contribution is 5.78. The lowest BCUT2D eigenvalue weighted by atomic mass is 10.1. The fourth-order valence-corrected chi connectivity index (χ4v) is 2.22. The van der Waals surface area contributed by atoms with Crippen LogP contribution in [-0.2, 0) is 0 Å². The Labute approximate surface area is 118 Å². The number of ether oxygens (including phenoxy) is 1. The Balaban J connectivity index is 1.96. The Morgan fingerprint density at radius 2 is 1.65 bits per heavy atom. The first-order valence-electron chi connectivity index (χ1n) is 6.54. The van der Waals surface area contributed by atoms with Gasteiger partial charge in [-0.25, -0.2) is 4.98 Å². The van der Waals surface area contributed by atoms with Crippen LogP contribution in [0.1, 0.15) is 11.1 Å². The van der Waals surface area contributed by atoms with Gasteiger partial charge in [0.1, 0.15) is 5.75 Å². The van der Waals surface area contributed by atoms with Crippen molar-refractivity contribution < 1.29 is 4.74 Å². The second-order valence-electron chi connectivity index (χ2n) is 4.91. The van der Waals surface area contributed by atoms with Crippen molar-refractivity contribution in [2.45, 2.75) is 13.8 Å². The van der Waals surface area contributed by atoms with Crippen LogP contribution in [0.25, 0.3) is 10.9 Å². The van der Waals surface area contributed by atoms with Crippen molar-refractivity contribution in [3.63, 3.8) is 0 Å². The Bertz CT molecular complexity index is 758. The summed E-state index contributed by atoms with van der Waals surface area (Å²) in [4.78, 5) is 4.50. The molecule has 0 saturated carbocycles. The number of hydrogen-bond acceptors (Lipinski definition) is 3. The first-order valence-corrected chi connectivity index (χ1v) is 6.54. The minimum absolute atomic E-state index is 0.590. The predicted molar refractivity (Wildman–Crippen MR) is 82.1 cm³/mol. The van der Waals surface area contributed by atoms with Crippen LogP contribution in [-0.4, -0.2) is 4.98 Å². The molecule has 2 aromatic carbocycles. The largest absolute Gasteiger partial charge is 0.439 e. The highest BCUT2D eigenvalue weighted by Gasteiger charge is 2.05. The lowest BCUT2D eigenvalue weighted by molar-refractivity contribution is 0.464. The van der Waals surface area contributed by atoms with Crippen molar-refractivity contribution in [2.24, 2.45) is 0 Å². The maximum atomic E-state index is 5.95. The maximum Gasteiger partial charge on any atom is 0.219 e. The van der Waals surface area contributed by atoms with E-state index in [4.69, 9.17) is 10.5 Å². The van der Waals surface area contributed by atoms with Gasteiger partial charge < -0.3 is 10.5 Å². The Morgan fingerprint density at radius 3 is 2.40 bits per heavy atom. The minimum Gasteiger partial charge on any atom is -0.439 e. The van der Waals surface area contributed by atoms with Gasteiger partial charge in [-0.15, -0.1) is 0 Å². The molecule has 0 saturated heterocycles. The van der Waals surface area contributed by atoms with E-state index in [1.807, 2.05) is 62.4 Å². The number of aromatic nitrogens is 1. The van der Waals surface area contributed by atoms with Crippen molar-refractivity contribution in [2.75, 3.05) is 5.73 Å². The average molecular weight is 264 g/mol. The van der Waals surface area contributed by atoms with Crippen molar-refractivity contribution >= 4 is 16.6 Å². The molecule has 0 aliphatic carbocycles. The van der Waals surface area contributed by atoms with Gasteiger partial charge >= 0.3 is 0 Å². The minimum atomic E-state index is 0.590. The predicted octanol–water partition coefficient (Wildman–Crippen LogP) is 4.23. The quantitative estimate of drug-likeness (QED) is 0.705. The smallest absolute Gasteiger partial charge is 0.219 e. The number of fused-ring (bicyclic) bond motifs is 1. The first kappa shape index (κ1) is 12.5. The molecular weight excluding hydrogens is 248 g/mol. The summed E-state index contributed by atoms with van der Waals surface area (Å²) in [6.07, 6.45) is 0. The summed E-state index contributed by atoms with van der Waals surface area (Å²) in [5, 5.41) is 1.10. The van der Waals surface area contributed by atoms with E-state index in [2.05, 4.69) is 4.98 Å². The van der Waals surface area contributed by atoms with Gasteiger partial charge in [-0.2, -0.15) is 0 Å². The first-order chi connectivity index (χ1) is 9.63. The van der Waals surface area contributed by atoms with E-state index in [9.17, 15) is 0 Å². The SMILES string of the molecule is Cc1cc(Oc2ccc3ccccc3n2)cc(C)c1N. The van der Waals surface area contributed by atoms with E-state index in [1.54, 1.807) is 0 Å². The molecule has 0 amide bonds. The third-order valence-electron chi connectivity index (χ3n) is 3.36. The van der Waals surface area contributed by atoms with Gasteiger partial charge in [0, 0.05) is 17.1 Å². The fourth-order valence-electron chi connectivity index (χ4n) is 2.22. The van der Waals surface area contributed by atoms with Gasteiger partial charge in [0.25, 0.3) is 0 Å². The van der Waals surface area contributed by atoms with E-state index < -0.39 is 0 Å². The second-order valence-corrected chi connectivity index (χ2v) is 4.91. The molecule has 100 valence electrons. The van der Waals surface area contributed by atoms with Crippen molar-refractivity contribution in [3.05, 3.63) is 59.7 Å². The number of pyridine rings is 1. The Morgan fingerprint density at radius 1 is 0.950 bits per heavy atom. The summed E-state index contributed by atoms with van der Waals surface area (Å²) in [7, 11) is 0. The third kappa shape index (κ3) is 2.30. The van der Waals surface area contributed by atoms with Crippen LogP contribution >= 0.6 is 0 Å². The lowest BCUT2D eigenvalue weighted by Crippen LogP contribution is -1.95. The zero-order valence-corrected chi connectivity index (χ0v) is 11.6. The van der Waals surface area contributed by atoms with Gasteiger partial charge in [-0.05, 0) is 49.2 Å². The molecule has 1 aromatic heterocycles. The molecule has 3 heteroatoms. The molecule has 0 aliphatic rings. The molecule has 0 spiro atoms. The molecule has 0 bridgehead atoms. The normalized spacial score (nSPS) is 10.7. The van der Waals surface area contributed by atoms with Crippen molar-refractivity contribution in [1.29, 1.82) is 0 Å². The standard InChI is InChI=1S/C17H16N2O/c1-11-9-14(10-12(2)17(11)18)20-16-8-7-13-5-3-4-6-15(13)19-16/h3-10H,18H2,1-2H3. The number of nitrogen functional groups attached to an aromatic ring is 1. The zero-order chi connectivity index (χ0) is 14.1. The average Bonchev–Trinajstić information content (AvgIpc) is 2.44. The Hall–Kier alpha value is -2.55. The highest BCUT2D eigenvalue weighted by atomic mass is 16.5. The highest BCUT2D eigenvalue weighted by Crippen LogP contribution is 2.27. The van der Waals surface area contributed by atoms with Gasteiger partial charge in [-0.1, -0.05) is 18.2 Å². The molecule has 0 aliphatic heterocycles. The number of nitrogens with two attached hydrogens (primary N) is 1. The van der Waals surface area contributed by atoms with Crippen LogP contribution in [0.3, 0.4) is 0 Å². The number of rotatable bonds is 2. The van der Waals surface area contributed by atoms with E-state index in [1.165, 1.54) is 0 Å². The summed E-state index contributed by atoms with van der Waals surface area (Å²) < 4.78 is 5.84. The van der Waals surface area contributed by atoms with E-state index in [0.717, 1.165) is 33.5 Å². The summed E-state index contributed by atoms with van der Waals surface area (Å²) >= 11 is 0. The molecule has 2 N–H and O–H groups in total. The number of para-hydroxylation sites is 1. The monoisotopic (exact) mass is 264 g/mol. The molecule has 0 radical (unpaired) electrons. The molecule has 20 heavy (non-hydrogen) atoms. The summed E-state index contributed by atoms with van der Waals surface area (Å²) in [6, 6.07) is 15.7. The zero-order valence-electron chi connectivity index (χ0n) is 11.6. The number of aryl methyl sites for hydroxylation is 2. The summed E-state index contributed by atoms with van der Waals surface area (Å²) in [6.45, 7) is 3.95. The van der Waals surface area contributed by atoms with Gasteiger partial charge in [0.05, 0.1) is 5.52 Å². The molecular formula is C17H16N2O. The van der Waals surface area contributed by atoms with E-state index in [-0.39, 0.29) is 0 Å². The molecule has 0 unspecified atom stereocenters. The topological polar surface area (TPSA) is 48.1 Å². The van der Waals surface area contributed by atoms with Crippen LogP contribution in [0.15, 0.2) is 48.5 Å². The second kappa shape index (κ2) is 4.85. The van der Waals surface area contributed by atoms with Gasteiger partial charge in [-0.3, -0.25) is 0 Å². The molecule has 0 atom stereocenters. The number of anilines is 1. The molecule has 1 heterocycles. The number of benzene rings is 2. The van der Waals surface area contributed by atoms with Gasteiger partial charge in [0.15, 0.2) is 0 Å². The fraction of sp³-hybridized carbons (Fsp3) is 0.118. The maximum absolute atomic E-state index is 5.95. The molecule has 3 nitrogen and oxygen atoms in total. The molecule has 3 rings (SSSR count). The van der Waals surface area contributed by atoms with Crippen molar-refractivity contribution in [1.82, 2.24) is 4.98 Å². The number of nitrogens with zero attached hydrogens (tertiary/aromatic N) is 1. The van der Waals surface area contributed by atoms with Crippen molar-refractivity contribution in [3.8, 4) is 11.6 Å².